The Morgan fingerprint density at radius 1 is 1.20 bits per heavy atom. The third-order valence-corrected chi connectivity index (χ3v) is 4.19. The van der Waals surface area contributed by atoms with Gasteiger partial charge >= 0.3 is 0 Å². The summed E-state index contributed by atoms with van der Waals surface area (Å²) in [5.74, 6) is 0.388. The molecule has 1 rings (SSSR count). The Balaban J connectivity index is 2.73. The smallest absolute Gasteiger partial charge is 0.244 e. The van der Waals surface area contributed by atoms with Crippen molar-refractivity contribution in [1.82, 2.24) is 10.0 Å². The lowest BCUT2D eigenvalue weighted by molar-refractivity contribution is 0.306. The number of hydrogen-bond donors (Lipinski definition) is 2. The molecule has 0 bridgehead atoms. The highest BCUT2D eigenvalue weighted by molar-refractivity contribution is 7.89. The maximum atomic E-state index is 12.2. The molecule has 0 radical (unpaired) electrons. The summed E-state index contributed by atoms with van der Waals surface area (Å²) in [4.78, 5) is 0.184. The van der Waals surface area contributed by atoms with Crippen LogP contribution < -0.4 is 14.8 Å². The molecule has 114 valence electrons. The first-order valence-electron chi connectivity index (χ1n) is 6.92. The lowest BCUT2D eigenvalue weighted by Gasteiger charge is -2.14. The predicted octanol–water partition coefficient (Wildman–Crippen LogP) is 1.75. The van der Waals surface area contributed by atoms with Crippen molar-refractivity contribution in [2.24, 2.45) is 0 Å². The molecule has 1 aromatic rings. The molecule has 0 aliphatic carbocycles. The third-order valence-electron chi connectivity index (χ3n) is 2.49. The molecule has 0 atom stereocenters. The van der Waals surface area contributed by atoms with E-state index in [1.807, 2.05) is 0 Å². The van der Waals surface area contributed by atoms with Gasteiger partial charge in [-0.15, -0.1) is 0 Å². The van der Waals surface area contributed by atoms with Gasteiger partial charge in [0.25, 0.3) is 0 Å². The normalized spacial score (nSPS) is 11.8. The van der Waals surface area contributed by atoms with Crippen molar-refractivity contribution in [3.63, 3.8) is 0 Å². The Bertz CT molecular complexity index is 501. The van der Waals surface area contributed by atoms with E-state index in [4.69, 9.17) is 4.74 Å². The predicted molar refractivity (Wildman–Crippen MR) is 80.6 cm³/mol. The first-order valence-corrected chi connectivity index (χ1v) is 8.40. The van der Waals surface area contributed by atoms with E-state index in [2.05, 4.69) is 17.0 Å². The fraction of sp³-hybridized carbons (Fsp3) is 0.571. The first kappa shape index (κ1) is 16.9. The van der Waals surface area contributed by atoms with Crippen LogP contribution in [0, 0.1) is 0 Å². The standard InChI is InChI=1S/C14H24N2O3S/c1-4-9-15-10-11-19-13-7-5-6-8-14(13)20(17,18)16-12(2)3/h5-8,12,15-16H,4,9-11H2,1-3H3. The second-order valence-electron chi connectivity index (χ2n) is 4.82. The minimum Gasteiger partial charge on any atom is -0.491 e. The molecule has 5 nitrogen and oxygen atoms in total. The molecule has 0 aromatic heterocycles. The molecule has 0 heterocycles. The Kier molecular flexibility index (Phi) is 6.98. The molecule has 0 unspecified atom stereocenters. The van der Waals surface area contributed by atoms with E-state index < -0.39 is 10.0 Å². The summed E-state index contributed by atoms with van der Waals surface area (Å²) in [5.41, 5.74) is 0. The van der Waals surface area contributed by atoms with Crippen LogP contribution in [0.25, 0.3) is 0 Å². The molecule has 0 fully saturated rings. The van der Waals surface area contributed by atoms with E-state index >= 15 is 0 Å². The van der Waals surface area contributed by atoms with E-state index in [9.17, 15) is 8.42 Å². The van der Waals surface area contributed by atoms with Gasteiger partial charge in [-0.1, -0.05) is 19.1 Å². The van der Waals surface area contributed by atoms with Crippen LogP contribution >= 0.6 is 0 Å². The molecule has 6 heteroatoms. The Morgan fingerprint density at radius 2 is 1.90 bits per heavy atom. The summed E-state index contributed by atoms with van der Waals surface area (Å²) in [5, 5.41) is 3.21. The number of rotatable bonds is 9. The molecular weight excluding hydrogens is 276 g/mol. The topological polar surface area (TPSA) is 67.4 Å². The summed E-state index contributed by atoms with van der Waals surface area (Å²) < 4.78 is 32.5. The van der Waals surface area contributed by atoms with Gasteiger partial charge in [0, 0.05) is 12.6 Å². The van der Waals surface area contributed by atoms with Crippen LogP contribution in [0.3, 0.4) is 0 Å². The summed E-state index contributed by atoms with van der Waals surface area (Å²) in [6, 6.07) is 6.54. The molecule has 0 aliphatic heterocycles. The van der Waals surface area contributed by atoms with Crippen molar-refractivity contribution in [3.05, 3.63) is 24.3 Å². The van der Waals surface area contributed by atoms with Crippen molar-refractivity contribution in [3.8, 4) is 5.75 Å². The average Bonchev–Trinajstić information content (AvgIpc) is 2.37. The van der Waals surface area contributed by atoms with Gasteiger partial charge in [0.05, 0.1) is 0 Å². The van der Waals surface area contributed by atoms with Crippen molar-refractivity contribution >= 4 is 10.0 Å². The van der Waals surface area contributed by atoms with Gasteiger partial charge in [-0.05, 0) is 38.9 Å². The molecule has 20 heavy (non-hydrogen) atoms. The molecule has 0 aliphatic rings. The van der Waals surface area contributed by atoms with Gasteiger partial charge in [0.1, 0.15) is 17.3 Å². The van der Waals surface area contributed by atoms with Crippen LogP contribution in [0.4, 0.5) is 0 Å². The summed E-state index contributed by atoms with van der Waals surface area (Å²) in [6.07, 6.45) is 1.06. The minimum atomic E-state index is -3.53. The molecule has 2 N–H and O–H groups in total. The molecule has 0 spiro atoms. The minimum absolute atomic E-state index is 0.153. The van der Waals surface area contributed by atoms with Crippen molar-refractivity contribution < 1.29 is 13.2 Å². The van der Waals surface area contributed by atoms with E-state index in [0.717, 1.165) is 13.0 Å². The Hall–Kier alpha value is -1.11. The zero-order valence-corrected chi connectivity index (χ0v) is 13.2. The second kappa shape index (κ2) is 8.24. The number of ether oxygens (including phenoxy) is 1. The molecule has 0 saturated carbocycles. The number of hydrogen-bond acceptors (Lipinski definition) is 4. The van der Waals surface area contributed by atoms with Crippen LogP contribution in [0.15, 0.2) is 29.2 Å². The van der Waals surface area contributed by atoms with Crippen molar-refractivity contribution in [2.75, 3.05) is 19.7 Å². The molecular formula is C14H24N2O3S. The SMILES string of the molecule is CCCNCCOc1ccccc1S(=O)(=O)NC(C)C. The largest absolute Gasteiger partial charge is 0.491 e. The van der Waals surface area contributed by atoms with E-state index in [-0.39, 0.29) is 10.9 Å². The maximum absolute atomic E-state index is 12.2. The van der Waals surface area contributed by atoms with E-state index in [1.54, 1.807) is 38.1 Å². The van der Waals surface area contributed by atoms with Gasteiger partial charge in [0.2, 0.25) is 10.0 Å². The van der Waals surface area contributed by atoms with Crippen LogP contribution in [-0.2, 0) is 10.0 Å². The quantitative estimate of drug-likeness (QED) is 0.682. The maximum Gasteiger partial charge on any atom is 0.244 e. The van der Waals surface area contributed by atoms with Crippen LogP contribution in [0.1, 0.15) is 27.2 Å². The van der Waals surface area contributed by atoms with Gasteiger partial charge < -0.3 is 10.1 Å². The molecule has 0 saturated heterocycles. The third kappa shape index (κ3) is 5.48. The summed E-state index contributed by atoms with van der Waals surface area (Å²) in [7, 11) is -3.53. The van der Waals surface area contributed by atoms with E-state index in [0.29, 0.717) is 18.9 Å². The van der Waals surface area contributed by atoms with Crippen LogP contribution in [0.5, 0.6) is 5.75 Å². The Morgan fingerprint density at radius 3 is 2.55 bits per heavy atom. The van der Waals surface area contributed by atoms with Crippen LogP contribution in [-0.4, -0.2) is 34.2 Å². The summed E-state index contributed by atoms with van der Waals surface area (Å²) >= 11 is 0. The highest BCUT2D eigenvalue weighted by Gasteiger charge is 2.19. The molecule has 1 aromatic carbocycles. The van der Waals surface area contributed by atoms with Crippen LogP contribution in [0.2, 0.25) is 0 Å². The lowest BCUT2D eigenvalue weighted by atomic mass is 10.3. The number of sulfonamides is 1. The zero-order chi connectivity index (χ0) is 15.0. The average molecular weight is 300 g/mol. The number of nitrogens with one attached hydrogen (secondary N) is 2. The number of para-hydroxylation sites is 1. The van der Waals surface area contributed by atoms with Gasteiger partial charge in [-0.25, -0.2) is 13.1 Å². The lowest BCUT2D eigenvalue weighted by Crippen LogP contribution is -2.30. The van der Waals surface area contributed by atoms with Gasteiger partial charge in [-0.2, -0.15) is 0 Å². The van der Waals surface area contributed by atoms with Gasteiger partial charge in [-0.3, -0.25) is 0 Å². The Labute approximate surface area is 121 Å². The highest BCUT2D eigenvalue weighted by Crippen LogP contribution is 2.23. The zero-order valence-electron chi connectivity index (χ0n) is 12.3. The molecule has 0 amide bonds. The van der Waals surface area contributed by atoms with Crippen molar-refractivity contribution in [1.29, 1.82) is 0 Å². The van der Waals surface area contributed by atoms with E-state index in [1.165, 1.54) is 0 Å². The first-order chi connectivity index (χ1) is 9.47. The highest BCUT2D eigenvalue weighted by atomic mass is 32.2. The fourth-order valence-corrected chi connectivity index (χ4v) is 3.10. The second-order valence-corrected chi connectivity index (χ2v) is 6.50. The monoisotopic (exact) mass is 300 g/mol. The van der Waals surface area contributed by atoms with Crippen molar-refractivity contribution in [2.45, 2.75) is 38.1 Å². The summed E-state index contributed by atoms with van der Waals surface area (Å²) in [6.45, 7) is 7.73. The van der Waals surface area contributed by atoms with Gasteiger partial charge in [0.15, 0.2) is 0 Å². The number of benzene rings is 1. The fourth-order valence-electron chi connectivity index (χ4n) is 1.70.